The van der Waals surface area contributed by atoms with Gasteiger partial charge in [-0.2, -0.15) is 0 Å². The number of likely N-dealkylation sites (tertiary alicyclic amines) is 1. The Morgan fingerprint density at radius 2 is 1.84 bits per heavy atom. The molecule has 2 aliphatic heterocycles. The zero-order valence-corrected chi connectivity index (χ0v) is 19.6. The molecule has 0 radical (unpaired) electrons. The van der Waals surface area contributed by atoms with E-state index in [-0.39, 0.29) is 6.04 Å². The highest BCUT2D eigenvalue weighted by Gasteiger charge is 2.24. The molecule has 174 valence electrons. The minimum atomic E-state index is 0.233. The van der Waals surface area contributed by atoms with Gasteiger partial charge in [0, 0.05) is 38.8 Å². The maximum absolute atomic E-state index is 5.59. The quantitative estimate of drug-likeness (QED) is 0.463. The van der Waals surface area contributed by atoms with Gasteiger partial charge in [0.15, 0.2) is 5.96 Å². The van der Waals surface area contributed by atoms with Gasteiger partial charge in [-0.15, -0.1) is 0 Å². The lowest BCUT2D eigenvalue weighted by Gasteiger charge is -2.35. The monoisotopic (exact) mass is 431 g/mol. The summed E-state index contributed by atoms with van der Waals surface area (Å²) in [5.41, 5.74) is 1.27. The number of hydrogen-bond acceptors (Lipinski definition) is 5. The van der Waals surface area contributed by atoms with E-state index in [1.54, 1.807) is 7.11 Å². The van der Waals surface area contributed by atoms with Gasteiger partial charge in [0.2, 0.25) is 0 Å². The van der Waals surface area contributed by atoms with Crippen LogP contribution in [-0.2, 0) is 4.74 Å². The standard InChI is InChI=1S/C24H41N5O2/c1-4-12-28-13-10-21(11-14-28)27-24(25-5-2)26-19-23(29-15-17-31-18-16-29)20-6-8-22(30-3)9-7-20/h6-9,21,23H,4-5,10-19H2,1-3H3,(H2,25,26,27). The molecule has 0 aliphatic carbocycles. The van der Waals surface area contributed by atoms with Crippen molar-refractivity contribution in [1.82, 2.24) is 20.4 Å². The third-order valence-corrected chi connectivity index (χ3v) is 6.22. The molecule has 1 atom stereocenters. The van der Waals surface area contributed by atoms with Gasteiger partial charge in [0.25, 0.3) is 0 Å². The first-order chi connectivity index (χ1) is 15.2. The SMILES string of the molecule is CCCN1CCC(NC(=NCC(c2ccc(OC)cc2)N2CCOCC2)NCC)CC1. The number of aliphatic imine (C=N–C) groups is 1. The average Bonchev–Trinajstić information content (AvgIpc) is 2.82. The van der Waals surface area contributed by atoms with Crippen LogP contribution in [0.1, 0.15) is 44.7 Å². The second kappa shape index (κ2) is 12.9. The second-order valence-electron chi connectivity index (χ2n) is 8.42. The van der Waals surface area contributed by atoms with Crippen molar-refractivity contribution < 1.29 is 9.47 Å². The van der Waals surface area contributed by atoms with Crippen molar-refractivity contribution >= 4 is 5.96 Å². The van der Waals surface area contributed by atoms with Crippen LogP contribution in [-0.4, -0.2) is 87.9 Å². The Balaban J connectivity index is 1.66. The lowest BCUT2D eigenvalue weighted by atomic mass is 10.0. The molecule has 3 rings (SSSR count). The lowest BCUT2D eigenvalue weighted by Crippen LogP contribution is -2.49. The van der Waals surface area contributed by atoms with Crippen molar-refractivity contribution in [2.45, 2.75) is 45.2 Å². The Labute approximate surface area is 188 Å². The predicted molar refractivity (Wildman–Crippen MR) is 127 cm³/mol. The molecule has 1 aromatic rings. The Kier molecular flexibility index (Phi) is 9.90. The van der Waals surface area contributed by atoms with Crippen molar-refractivity contribution in [2.75, 3.05) is 66.1 Å². The highest BCUT2D eigenvalue weighted by molar-refractivity contribution is 5.80. The van der Waals surface area contributed by atoms with Crippen LogP contribution in [0.5, 0.6) is 5.75 Å². The maximum Gasteiger partial charge on any atom is 0.191 e. The van der Waals surface area contributed by atoms with Gasteiger partial charge in [-0.3, -0.25) is 9.89 Å². The minimum Gasteiger partial charge on any atom is -0.497 e. The summed E-state index contributed by atoms with van der Waals surface area (Å²) in [6, 6.07) is 9.14. The van der Waals surface area contributed by atoms with E-state index in [2.05, 4.69) is 46.4 Å². The number of benzene rings is 1. The summed E-state index contributed by atoms with van der Waals surface area (Å²) in [5, 5.41) is 7.15. The summed E-state index contributed by atoms with van der Waals surface area (Å²) in [4.78, 5) is 10.1. The highest BCUT2D eigenvalue weighted by atomic mass is 16.5. The number of methoxy groups -OCH3 is 1. The zero-order chi connectivity index (χ0) is 21.9. The van der Waals surface area contributed by atoms with E-state index in [1.807, 2.05) is 12.1 Å². The smallest absolute Gasteiger partial charge is 0.191 e. The van der Waals surface area contributed by atoms with Crippen LogP contribution in [0.15, 0.2) is 29.3 Å². The van der Waals surface area contributed by atoms with E-state index in [4.69, 9.17) is 14.5 Å². The van der Waals surface area contributed by atoms with E-state index in [9.17, 15) is 0 Å². The largest absolute Gasteiger partial charge is 0.497 e. The number of piperidine rings is 1. The third-order valence-electron chi connectivity index (χ3n) is 6.22. The summed E-state index contributed by atoms with van der Waals surface area (Å²) in [6.45, 7) is 13.0. The van der Waals surface area contributed by atoms with Crippen LogP contribution in [0.3, 0.4) is 0 Å². The number of morpholine rings is 1. The number of ether oxygens (including phenoxy) is 2. The van der Waals surface area contributed by atoms with Gasteiger partial charge in [0.1, 0.15) is 5.75 Å². The molecule has 2 heterocycles. The number of nitrogens with one attached hydrogen (secondary N) is 2. The molecule has 0 bridgehead atoms. The van der Waals surface area contributed by atoms with E-state index in [0.29, 0.717) is 6.04 Å². The molecule has 31 heavy (non-hydrogen) atoms. The minimum absolute atomic E-state index is 0.233. The Morgan fingerprint density at radius 1 is 1.13 bits per heavy atom. The molecule has 1 aromatic carbocycles. The number of rotatable bonds is 9. The number of nitrogens with zero attached hydrogens (tertiary/aromatic N) is 3. The van der Waals surface area contributed by atoms with Gasteiger partial charge < -0.3 is 25.0 Å². The molecule has 2 N–H and O–H groups in total. The first-order valence-electron chi connectivity index (χ1n) is 12.0. The normalized spacial score (nSPS) is 20.4. The van der Waals surface area contributed by atoms with Gasteiger partial charge >= 0.3 is 0 Å². The zero-order valence-electron chi connectivity index (χ0n) is 19.6. The Bertz CT molecular complexity index is 652. The van der Waals surface area contributed by atoms with E-state index >= 15 is 0 Å². The van der Waals surface area contributed by atoms with Crippen molar-refractivity contribution in [3.63, 3.8) is 0 Å². The molecule has 0 saturated carbocycles. The predicted octanol–water partition coefficient (Wildman–Crippen LogP) is 2.50. The molecule has 2 saturated heterocycles. The van der Waals surface area contributed by atoms with Gasteiger partial charge in [0.05, 0.1) is 32.9 Å². The summed E-state index contributed by atoms with van der Waals surface area (Å²) in [6.07, 6.45) is 3.59. The summed E-state index contributed by atoms with van der Waals surface area (Å²) in [5.74, 6) is 1.82. The highest BCUT2D eigenvalue weighted by Crippen LogP contribution is 2.24. The molecule has 7 nitrogen and oxygen atoms in total. The van der Waals surface area contributed by atoms with Crippen LogP contribution in [0.4, 0.5) is 0 Å². The molecule has 2 aliphatic rings. The molecule has 1 unspecified atom stereocenters. The van der Waals surface area contributed by atoms with E-state index in [0.717, 1.165) is 51.1 Å². The summed E-state index contributed by atoms with van der Waals surface area (Å²) >= 11 is 0. The topological polar surface area (TPSA) is 61.4 Å². The average molecular weight is 432 g/mol. The fraction of sp³-hybridized carbons (Fsp3) is 0.708. The third kappa shape index (κ3) is 7.37. The molecule has 2 fully saturated rings. The number of hydrogen-bond donors (Lipinski definition) is 2. The van der Waals surface area contributed by atoms with Crippen molar-refractivity contribution in [2.24, 2.45) is 4.99 Å². The molecular weight excluding hydrogens is 390 g/mol. The fourth-order valence-corrected chi connectivity index (χ4v) is 4.46. The molecule has 7 heteroatoms. The first kappa shape index (κ1) is 23.8. The van der Waals surface area contributed by atoms with E-state index < -0.39 is 0 Å². The maximum atomic E-state index is 5.59. The summed E-state index contributed by atoms with van der Waals surface area (Å²) < 4.78 is 10.9. The van der Waals surface area contributed by atoms with Crippen molar-refractivity contribution in [3.05, 3.63) is 29.8 Å². The summed E-state index contributed by atoms with van der Waals surface area (Å²) in [7, 11) is 1.71. The van der Waals surface area contributed by atoms with E-state index in [1.165, 1.54) is 44.5 Å². The van der Waals surface area contributed by atoms with Crippen LogP contribution >= 0.6 is 0 Å². The molecule has 0 amide bonds. The lowest BCUT2D eigenvalue weighted by molar-refractivity contribution is 0.0179. The second-order valence-corrected chi connectivity index (χ2v) is 8.42. The fourth-order valence-electron chi connectivity index (χ4n) is 4.46. The Morgan fingerprint density at radius 3 is 2.45 bits per heavy atom. The molecular formula is C24H41N5O2. The van der Waals surface area contributed by atoms with Crippen molar-refractivity contribution in [3.8, 4) is 5.75 Å². The molecule has 0 spiro atoms. The first-order valence-corrected chi connectivity index (χ1v) is 12.0. The van der Waals surface area contributed by atoms with Crippen LogP contribution in [0, 0.1) is 0 Å². The van der Waals surface area contributed by atoms with Gasteiger partial charge in [-0.1, -0.05) is 19.1 Å². The van der Waals surface area contributed by atoms with Gasteiger partial charge in [-0.05, 0) is 50.4 Å². The van der Waals surface area contributed by atoms with Crippen LogP contribution in [0.2, 0.25) is 0 Å². The Hall–Kier alpha value is -1.83. The van der Waals surface area contributed by atoms with Crippen LogP contribution in [0.25, 0.3) is 0 Å². The van der Waals surface area contributed by atoms with Crippen molar-refractivity contribution in [1.29, 1.82) is 0 Å². The van der Waals surface area contributed by atoms with Gasteiger partial charge in [-0.25, -0.2) is 0 Å². The van der Waals surface area contributed by atoms with Crippen LogP contribution < -0.4 is 15.4 Å². The molecule has 0 aromatic heterocycles. The number of guanidine groups is 1.